The van der Waals surface area contributed by atoms with E-state index in [1.807, 2.05) is 24.3 Å². The Kier molecular flexibility index (Phi) is 7.11. The van der Waals surface area contributed by atoms with Crippen LogP contribution in [-0.4, -0.2) is 21.3 Å². The SMILES string of the molecule is Br.COc1cc(CNCc2ccco2)cc(OC)c1OC. The standard InChI is InChI=1S/C15H19NO4.BrH/c1-17-13-7-11(8-14(18-2)15(13)19-3)9-16-10-12-5-4-6-20-12;/h4-8,16H,9-10H2,1-3H3;1H. The summed E-state index contributed by atoms with van der Waals surface area (Å²) in [6, 6.07) is 7.66. The van der Waals surface area contributed by atoms with Gasteiger partial charge in [-0.3, -0.25) is 0 Å². The maximum absolute atomic E-state index is 5.32. The number of benzene rings is 1. The summed E-state index contributed by atoms with van der Waals surface area (Å²) in [5.41, 5.74) is 1.05. The highest BCUT2D eigenvalue weighted by Gasteiger charge is 2.12. The van der Waals surface area contributed by atoms with E-state index in [0.29, 0.717) is 30.3 Å². The third-order valence-corrected chi connectivity index (χ3v) is 2.93. The summed E-state index contributed by atoms with van der Waals surface area (Å²) in [5.74, 6) is 2.81. The van der Waals surface area contributed by atoms with Gasteiger partial charge in [0, 0.05) is 6.54 Å². The zero-order valence-corrected chi connectivity index (χ0v) is 14.1. The van der Waals surface area contributed by atoms with Gasteiger partial charge in [-0.2, -0.15) is 0 Å². The monoisotopic (exact) mass is 357 g/mol. The normalized spacial score (nSPS) is 9.86. The average molecular weight is 358 g/mol. The number of halogens is 1. The Labute approximate surface area is 135 Å². The maximum Gasteiger partial charge on any atom is 0.203 e. The third-order valence-electron chi connectivity index (χ3n) is 2.93. The average Bonchev–Trinajstić information content (AvgIpc) is 2.99. The van der Waals surface area contributed by atoms with Crippen LogP contribution in [0.15, 0.2) is 34.9 Å². The highest BCUT2D eigenvalue weighted by Crippen LogP contribution is 2.38. The second kappa shape index (κ2) is 8.59. The van der Waals surface area contributed by atoms with Gasteiger partial charge in [0.2, 0.25) is 5.75 Å². The Morgan fingerprint density at radius 2 is 1.67 bits per heavy atom. The quantitative estimate of drug-likeness (QED) is 0.824. The number of ether oxygens (including phenoxy) is 3. The van der Waals surface area contributed by atoms with Crippen LogP contribution in [0, 0.1) is 0 Å². The molecule has 0 aliphatic rings. The molecule has 0 amide bonds. The first-order valence-electron chi connectivity index (χ1n) is 6.30. The van der Waals surface area contributed by atoms with Gasteiger partial charge in [-0.15, -0.1) is 17.0 Å². The second-order valence-corrected chi connectivity index (χ2v) is 4.22. The van der Waals surface area contributed by atoms with Crippen molar-refractivity contribution in [1.29, 1.82) is 0 Å². The summed E-state index contributed by atoms with van der Waals surface area (Å²) in [6.07, 6.45) is 1.66. The largest absolute Gasteiger partial charge is 0.493 e. The Morgan fingerprint density at radius 3 is 2.14 bits per heavy atom. The van der Waals surface area contributed by atoms with Crippen molar-refractivity contribution in [1.82, 2.24) is 5.32 Å². The molecular formula is C15H20BrNO4. The summed E-state index contributed by atoms with van der Waals surface area (Å²) in [6.45, 7) is 1.35. The van der Waals surface area contributed by atoms with Crippen molar-refractivity contribution in [3.63, 3.8) is 0 Å². The first kappa shape index (κ1) is 17.4. The minimum absolute atomic E-state index is 0. The lowest BCUT2D eigenvalue weighted by Crippen LogP contribution is -2.12. The molecule has 2 rings (SSSR count). The van der Waals surface area contributed by atoms with E-state index in [9.17, 15) is 0 Å². The number of hydrogen-bond donors (Lipinski definition) is 1. The van der Waals surface area contributed by atoms with Gasteiger partial charge in [-0.05, 0) is 29.8 Å². The molecule has 0 aliphatic heterocycles. The topological polar surface area (TPSA) is 52.9 Å². The Bertz CT molecular complexity index is 518. The third kappa shape index (κ3) is 4.41. The van der Waals surface area contributed by atoms with Crippen LogP contribution in [0.1, 0.15) is 11.3 Å². The van der Waals surface area contributed by atoms with E-state index in [-0.39, 0.29) is 17.0 Å². The highest BCUT2D eigenvalue weighted by atomic mass is 79.9. The van der Waals surface area contributed by atoms with Crippen LogP contribution in [0.2, 0.25) is 0 Å². The molecule has 0 saturated heterocycles. The fourth-order valence-corrected chi connectivity index (χ4v) is 1.98. The van der Waals surface area contributed by atoms with Gasteiger partial charge in [0.15, 0.2) is 11.5 Å². The zero-order valence-electron chi connectivity index (χ0n) is 12.3. The fraction of sp³-hybridized carbons (Fsp3) is 0.333. The molecule has 0 aliphatic carbocycles. The molecule has 0 fully saturated rings. The Balaban J connectivity index is 0.00000220. The van der Waals surface area contributed by atoms with Crippen molar-refractivity contribution >= 4 is 17.0 Å². The van der Waals surface area contributed by atoms with Crippen LogP contribution in [-0.2, 0) is 13.1 Å². The molecule has 0 radical (unpaired) electrons. The van der Waals surface area contributed by atoms with E-state index in [0.717, 1.165) is 11.3 Å². The van der Waals surface area contributed by atoms with Crippen LogP contribution in [0.25, 0.3) is 0 Å². The molecule has 0 spiro atoms. The van der Waals surface area contributed by atoms with Crippen LogP contribution in [0.4, 0.5) is 0 Å². The molecule has 0 saturated carbocycles. The van der Waals surface area contributed by atoms with E-state index < -0.39 is 0 Å². The molecule has 0 atom stereocenters. The highest BCUT2D eigenvalue weighted by molar-refractivity contribution is 8.93. The van der Waals surface area contributed by atoms with Crippen LogP contribution < -0.4 is 19.5 Å². The molecule has 0 unspecified atom stereocenters. The number of furan rings is 1. The molecule has 2 aromatic rings. The first-order valence-corrected chi connectivity index (χ1v) is 6.30. The molecular weight excluding hydrogens is 338 g/mol. The van der Waals surface area contributed by atoms with Crippen molar-refractivity contribution in [2.45, 2.75) is 13.1 Å². The lowest BCUT2D eigenvalue weighted by molar-refractivity contribution is 0.323. The number of rotatable bonds is 7. The minimum Gasteiger partial charge on any atom is -0.493 e. The fourth-order valence-electron chi connectivity index (χ4n) is 1.98. The minimum atomic E-state index is 0. The van der Waals surface area contributed by atoms with Gasteiger partial charge >= 0.3 is 0 Å². The van der Waals surface area contributed by atoms with Gasteiger partial charge in [-0.25, -0.2) is 0 Å². The van der Waals surface area contributed by atoms with Gasteiger partial charge in [-0.1, -0.05) is 0 Å². The van der Waals surface area contributed by atoms with Gasteiger partial charge in [0.05, 0.1) is 34.1 Å². The van der Waals surface area contributed by atoms with Gasteiger partial charge < -0.3 is 23.9 Å². The van der Waals surface area contributed by atoms with E-state index in [4.69, 9.17) is 18.6 Å². The summed E-state index contributed by atoms with van der Waals surface area (Å²) in [4.78, 5) is 0. The predicted molar refractivity (Wildman–Crippen MR) is 85.7 cm³/mol. The molecule has 0 bridgehead atoms. The van der Waals surface area contributed by atoms with Crippen LogP contribution in [0.5, 0.6) is 17.2 Å². The molecule has 116 valence electrons. The van der Waals surface area contributed by atoms with Gasteiger partial charge in [0.1, 0.15) is 5.76 Å². The van der Waals surface area contributed by atoms with Crippen LogP contribution in [0.3, 0.4) is 0 Å². The lowest BCUT2D eigenvalue weighted by atomic mass is 10.1. The predicted octanol–water partition coefficient (Wildman–Crippen LogP) is 3.17. The first-order chi connectivity index (χ1) is 9.78. The van der Waals surface area contributed by atoms with E-state index in [1.165, 1.54) is 0 Å². The molecule has 1 aromatic heterocycles. The van der Waals surface area contributed by atoms with Crippen molar-refractivity contribution in [2.24, 2.45) is 0 Å². The van der Waals surface area contributed by atoms with E-state index >= 15 is 0 Å². The van der Waals surface area contributed by atoms with E-state index in [2.05, 4.69) is 5.32 Å². The molecule has 1 N–H and O–H groups in total. The van der Waals surface area contributed by atoms with Gasteiger partial charge in [0.25, 0.3) is 0 Å². The Hall–Kier alpha value is -1.66. The summed E-state index contributed by atoms with van der Waals surface area (Å²) < 4.78 is 21.2. The van der Waals surface area contributed by atoms with E-state index in [1.54, 1.807) is 27.6 Å². The molecule has 5 nitrogen and oxygen atoms in total. The van der Waals surface area contributed by atoms with Crippen molar-refractivity contribution in [3.05, 3.63) is 41.9 Å². The summed E-state index contributed by atoms with van der Waals surface area (Å²) in [5, 5.41) is 3.30. The molecule has 6 heteroatoms. The summed E-state index contributed by atoms with van der Waals surface area (Å²) in [7, 11) is 4.81. The second-order valence-electron chi connectivity index (χ2n) is 4.22. The summed E-state index contributed by atoms with van der Waals surface area (Å²) >= 11 is 0. The molecule has 1 aromatic carbocycles. The zero-order chi connectivity index (χ0) is 14.4. The van der Waals surface area contributed by atoms with Crippen molar-refractivity contribution in [2.75, 3.05) is 21.3 Å². The molecule has 21 heavy (non-hydrogen) atoms. The number of hydrogen-bond acceptors (Lipinski definition) is 5. The lowest BCUT2D eigenvalue weighted by Gasteiger charge is -2.14. The van der Waals surface area contributed by atoms with Crippen LogP contribution >= 0.6 is 17.0 Å². The van der Waals surface area contributed by atoms with Crippen molar-refractivity contribution < 1.29 is 18.6 Å². The Morgan fingerprint density at radius 1 is 1.00 bits per heavy atom. The number of methoxy groups -OCH3 is 3. The number of nitrogens with one attached hydrogen (secondary N) is 1. The van der Waals surface area contributed by atoms with Crippen molar-refractivity contribution in [3.8, 4) is 17.2 Å². The molecule has 1 heterocycles. The maximum atomic E-state index is 5.32. The smallest absolute Gasteiger partial charge is 0.203 e.